The lowest BCUT2D eigenvalue weighted by Crippen LogP contribution is -2.24. The number of halogens is 1. The summed E-state index contributed by atoms with van der Waals surface area (Å²) in [4.78, 5) is 8.79. The Balaban J connectivity index is 2.15. The third kappa shape index (κ3) is 3.96. The molecule has 0 aliphatic heterocycles. The maximum atomic E-state index is 6.10. The third-order valence-corrected chi connectivity index (χ3v) is 3.77. The molecule has 0 amide bonds. The minimum Gasteiger partial charge on any atom is -0.393 e. The molecule has 4 nitrogen and oxygen atoms in total. The van der Waals surface area contributed by atoms with E-state index in [-0.39, 0.29) is 0 Å². The number of nitrogens with one attached hydrogen (secondary N) is 1. The molecule has 106 valence electrons. The van der Waals surface area contributed by atoms with Crippen LogP contribution in [-0.4, -0.2) is 16.0 Å². The predicted octanol–water partition coefficient (Wildman–Crippen LogP) is 3.66. The molecule has 0 bridgehead atoms. The monoisotopic (exact) mass is 282 g/mol. The van der Waals surface area contributed by atoms with Crippen molar-refractivity contribution < 1.29 is 0 Å². The van der Waals surface area contributed by atoms with Gasteiger partial charge in [0, 0.05) is 12.5 Å². The van der Waals surface area contributed by atoms with Gasteiger partial charge in [-0.25, -0.2) is 9.97 Å². The topological polar surface area (TPSA) is 63.8 Å². The average molecular weight is 283 g/mol. The molecule has 0 radical (unpaired) electrons. The largest absolute Gasteiger partial charge is 0.393 e. The second kappa shape index (κ2) is 6.42. The molecule has 2 rings (SSSR count). The Bertz CT molecular complexity index is 428. The van der Waals surface area contributed by atoms with Gasteiger partial charge in [-0.15, -0.1) is 0 Å². The lowest BCUT2D eigenvalue weighted by molar-refractivity contribution is 0.461. The van der Waals surface area contributed by atoms with Crippen LogP contribution in [0.2, 0.25) is 5.15 Å². The van der Waals surface area contributed by atoms with Gasteiger partial charge in [-0.3, -0.25) is 0 Å². The van der Waals surface area contributed by atoms with E-state index in [1.807, 2.05) is 0 Å². The number of anilines is 2. The Morgan fingerprint density at radius 3 is 2.58 bits per heavy atom. The summed E-state index contributed by atoms with van der Waals surface area (Å²) in [7, 11) is 0. The first-order valence-corrected chi connectivity index (χ1v) is 7.52. The zero-order chi connectivity index (χ0) is 13.8. The lowest BCUT2D eigenvalue weighted by Gasteiger charge is -2.24. The van der Waals surface area contributed by atoms with Gasteiger partial charge in [0.2, 0.25) is 0 Å². The van der Waals surface area contributed by atoms with E-state index in [2.05, 4.69) is 29.1 Å². The molecule has 1 heterocycles. The summed E-state index contributed by atoms with van der Waals surface area (Å²) in [6.07, 6.45) is 7.06. The van der Waals surface area contributed by atoms with E-state index in [0.717, 1.165) is 12.2 Å². The number of hydrogen-bond acceptors (Lipinski definition) is 4. The quantitative estimate of drug-likeness (QED) is 0.827. The van der Waals surface area contributed by atoms with Crippen LogP contribution in [0.25, 0.3) is 0 Å². The van der Waals surface area contributed by atoms with E-state index < -0.39 is 0 Å². The van der Waals surface area contributed by atoms with E-state index in [1.165, 1.54) is 32.1 Å². The molecule has 5 heteroatoms. The van der Waals surface area contributed by atoms with E-state index in [0.29, 0.717) is 28.6 Å². The van der Waals surface area contributed by atoms with Gasteiger partial charge in [-0.2, -0.15) is 0 Å². The highest BCUT2D eigenvalue weighted by Gasteiger charge is 2.17. The molecule has 1 fully saturated rings. The van der Waals surface area contributed by atoms with Gasteiger partial charge in [0.15, 0.2) is 11.0 Å². The maximum Gasteiger partial charge on any atom is 0.157 e. The summed E-state index contributed by atoms with van der Waals surface area (Å²) in [6, 6.07) is 0.467. The van der Waals surface area contributed by atoms with E-state index in [9.17, 15) is 0 Å². The maximum absolute atomic E-state index is 6.10. The zero-order valence-corrected chi connectivity index (χ0v) is 12.5. The Labute approximate surface area is 120 Å². The summed E-state index contributed by atoms with van der Waals surface area (Å²) in [5, 5.41) is 3.81. The molecule has 0 saturated heterocycles. The summed E-state index contributed by atoms with van der Waals surface area (Å²) in [5.74, 6) is 1.98. The second-order valence-electron chi connectivity index (χ2n) is 5.77. The summed E-state index contributed by atoms with van der Waals surface area (Å²) in [6.45, 7) is 4.28. The van der Waals surface area contributed by atoms with Crippen molar-refractivity contribution in [2.75, 3.05) is 11.1 Å². The molecule has 19 heavy (non-hydrogen) atoms. The second-order valence-corrected chi connectivity index (χ2v) is 6.13. The van der Waals surface area contributed by atoms with Crippen LogP contribution in [0.5, 0.6) is 0 Å². The first-order valence-electron chi connectivity index (χ1n) is 7.14. The first-order chi connectivity index (χ1) is 9.06. The molecule has 0 aromatic carbocycles. The van der Waals surface area contributed by atoms with Crippen LogP contribution in [0, 0.1) is 5.92 Å². The molecule has 1 saturated carbocycles. The van der Waals surface area contributed by atoms with Crippen molar-refractivity contribution in [3.8, 4) is 0 Å². The van der Waals surface area contributed by atoms with Crippen molar-refractivity contribution in [1.29, 1.82) is 0 Å². The van der Waals surface area contributed by atoms with Crippen molar-refractivity contribution in [1.82, 2.24) is 9.97 Å². The van der Waals surface area contributed by atoms with E-state index in [1.54, 1.807) is 0 Å². The van der Waals surface area contributed by atoms with Gasteiger partial charge in [0.1, 0.15) is 11.5 Å². The van der Waals surface area contributed by atoms with Crippen LogP contribution in [-0.2, 0) is 6.42 Å². The Morgan fingerprint density at radius 2 is 1.95 bits per heavy atom. The number of hydrogen-bond donors (Lipinski definition) is 2. The first kappa shape index (κ1) is 14.4. The fraction of sp³-hybridized carbons (Fsp3) is 0.714. The van der Waals surface area contributed by atoms with Crippen LogP contribution < -0.4 is 11.1 Å². The molecular formula is C14H23ClN4. The lowest BCUT2D eigenvalue weighted by atomic mass is 9.95. The summed E-state index contributed by atoms with van der Waals surface area (Å²) in [5.41, 5.74) is 6.45. The molecule has 0 unspecified atom stereocenters. The molecule has 1 aliphatic rings. The van der Waals surface area contributed by atoms with Crippen molar-refractivity contribution in [3.63, 3.8) is 0 Å². The van der Waals surface area contributed by atoms with E-state index in [4.69, 9.17) is 17.3 Å². The minimum atomic E-state index is 0.365. The molecule has 3 N–H and O–H groups in total. The average Bonchev–Trinajstić information content (AvgIpc) is 2.36. The fourth-order valence-corrected chi connectivity index (χ4v) is 2.68. The predicted molar refractivity (Wildman–Crippen MR) is 80.5 cm³/mol. The van der Waals surface area contributed by atoms with Crippen molar-refractivity contribution in [3.05, 3.63) is 11.0 Å². The number of nitrogen functional groups attached to an aromatic ring is 1. The van der Waals surface area contributed by atoms with E-state index >= 15 is 0 Å². The highest BCUT2D eigenvalue weighted by Crippen LogP contribution is 2.28. The molecule has 0 spiro atoms. The van der Waals surface area contributed by atoms with Crippen LogP contribution in [0.3, 0.4) is 0 Å². The fourth-order valence-electron chi connectivity index (χ4n) is 2.49. The van der Waals surface area contributed by atoms with Gasteiger partial charge in [0.25, 0.3) is 0 Å². The molecule has 1 aromatic heterocycles. The minimum absolute atomic E-state index is 0.365. The van der Waals surface area contributed by atoms with Crippen molar-refractivity contribution in [2.24, 2.45) is 5.92 Å². The van der Waals surface area contributed by atoms with Gasteiger partial charge in [-0.05, 0) is 18.8 Å². The Hall–Kier alpha value is -1.03. The molecule has 0 atom stereocenters. The van der Waals surface area contributed by atoms with Gasteiger partial charge in [0.05, 0.1) is 0 Å². The molecular weight excluding hydrogens is 260 g/mol. The normalized spacial score (nSPS) is 16.8. The molecule has 1 aromatic rings. The summed E-state index contributed by atoms with van der Waals surface area (Å²) < 4.78 is 0. The van der Waals surface area contributed by atoms with Gasteiger partial charge in [-0.1, -0.05) is 44.7 Å². The van der Waals surface area contributed by atoms with Crippen LogP contribution >= 0.6 is 11.6 Å². The Morgan fingerprint density at radius 1 is 1.26 bits per heavy atom. The smallest absolute Gasteiger partial charge is 0.157 e. The van der Waals surface area contributed by atoms with Crippen molar-refractivity contribution >= 4 is 23.1 Å². The van der Waals surface area contributed by atoms with Gasteiger partial charge >= 0.3 is 0 Å². The number of nitrogens with two attached hydrogens (primary N) is 1. The molecule has 1 aliphatic carbocycles. The van der Waals surface area contributed by atoms with Crippen LogP contribution in [0.15, 0.2) is 0 Å². The highest BCUT2D eigenvalue weighted by atomic mass is 35.5. The third-order valence-electron chi connectivity index (χ3n) is 3.48. The van der Waals surface area contributed by atoms with Crippen LogP contribution in [0.1, 0.15) is 51.8 Å². The highest BCUT2D eigenvalue weighted by molar-refractivity contribution is 6.32. The number of rotatable bonds is 4. The van der Waals surface area contributed by atoms with Gasteiger partial charge < -0.3 is 11.1 Å². The SMILES string of the molecule is CC(C)Cc1nc(Cl)c(N)c(NC2CCCCC2)n1. The summed E-state index contributed by atoms with van der Waals surface area (Å²) >= 11 is 6.10. The number of nitrogens with zero attached hydrogens (tertiary/aromatic N) is 2. The standard InChI is InChI=1S/C14H23ClN4/c1-9(2)8-11-18-13(15)12(16)14(19-11)17-10-6-4-3-5-7-10/h9-10H,3-8,16H2,1-2H3,(H,17,18,19). The van der Waals surface area contributed by atoms with Crippen molar-refractivity contribution in [2.45, 2.75) is 58.4 Å². The zero-order valence-electron chi connectivity index (χ0n) is 11.7. The Kier molecular flexibility index (Phi) is 4.86. The van der Waals surface area contributed by atoms with Crippen LogP contribution in [0.4, 0.5) is 11.5 Å². The number of aromatic nitrogens is 2.